The molecule has 3 heterocycles. The zero-order chi connectivity index (χ0) is 17.8. The Hall–Kier alpha value is -1.97. The SMILES string of the molecule is CCn1c([C@@H]2C[C@H](OC)CN2Cc2cnn(CCOC)c2)n[nH]c1=O. The number of aromatic nitrogens is 5. The van der Waals surface area contributed by atoms with Gasteiger partial charge in [-0.1, -0.05) is 0 Å². The van der Waals surface area contributed by atoms with Crippen molar-refractivity contribution in [2.45, 2.75) is 45.1 Å². The molecule has 2 aromatic heterocycles. The molecule has 1 saturated heterocycles. The number of H-pyrrole nitrogens is 1. The molecule has 9 heteroatoms. The minimum absolute atomic E-state index is 0.0474. The summed E-state index contributed by atoms with van der Waals surface area (Å²) in [4.78, 5) is 14.2. The lowest BCUT2D eigenvalue weighted by Crippen LogP contribution is -2.28. The van der Waals surface area contributed by atoms with E-state index in [1.807, 2.05) is 24.0 Å². The van der Waals surface area contributed by atoms with Crippen LogP contribution in [-0.4, -0.2) is 62.9 Å². The van der Waals surface area contributed by atoms with Gasteiger partial charge in [-0.25, -0.2) is 9.89 Å². The first-order chi connectivity index (χ1) is 12.2. The Morgan fingerprint density at radius 3 is 2.96 bits per heavy atom. The van der Waals surface area contributed by atoms with E-state index in [4.69, 9.17) is 9.47 Å². The van der Waals surface area contributed by atoms with Crippen LogP contribution in [0.5, 0.6) is 0 Å². The quantitative estimate of drug-likeness (QED) is 0.741. The molecule has 2 aromatic rings. The van der Waals surface area contributed by atoms with Crippen LogP contribution in [0.2, 0.25) is 0 Å². The van der Waals surface area contributed by atoms with E-state index in [2.05, 4.69) is 20.2 Å². The largest absolute Gasteiger partial charge is 0.383 e. The van der Waals surface area contributed by atoms with E-state index >= 15 is 0 Å². The molecule has 2 atom stereocenters. The highest BCUT2D eigenvalue weighted by atomic mass is 16.5. The van der Waals surface area contributed by atoms with Gasteiger partial charge in [-0.3, -0.25) is 14.1 Å². The van der Waals surface area contributed by atoms with Gasteiger partial charge in [0.15, 0.2) is 5.82 Å². The van der Waals surface area contributed by atoms with Crippen LogP contribution in [-0.2, 0) is 29.1 Å². The van der Waals surface area contributed by atoms with Gasteiger partial charge in [-0.2, -0.15) is 10.2 Å². The molecule has 1 aliphatic heterocycles. The van der Waals surface area contributed by atoms with Crippen molar-refractivity contribution < 1.29 is 9.47 Å². The van der Waals surface area contributed by atoms with Crippen molar-refractivity contribution in [1.29, 1.82) is 0 Å². The summed E-state index contributed by atoms with van der Waals surface area (Å²) in [6.07, 6.45) is 4.86. The lowest BCUT2D eigenvalue weighted by atomic mass is 10.1. The highest BCUT2D eigenvalue weighted by Crippen LogP contribution is 2.33. The van der Waals surface area contributed by atoms with Crippen LogP contribution in [0.1, 0.15) is 30.8 Å². The van der Waals surface area contributed by atoms with Gasteiger partial charge in [0.1, 0.15) is 0 Å². The van der Waals surface area contributed by atoms with E-state index < -0.39 is 0 Å². The van der Waals surface area contributed by atoms with Crippen LogP contribution in [0, 0.1) is 0 Å². The van der Waals surface area contributed by atoms with E-state index in [0.29, 0.717) is 13.2 Å². The fraction of sp³-hybridized carbons (Fsp3) is 0.688. The molecule has 25 heavy (non-hydrogen) atoms. The second kappa shape index (κ2) is 7.94. The maximum atomic E-state index is 11.9. The molecule has 0 unspecified atom stereocenters. The Bertz CT molecular complexity index is 736. The first-order valence-corrected chi connectivity index (χ1v) is 8.58. The van der Waals surface area contributed by atoms with Crippen molar-refractivity contribution in [3.63, 3.8) is 0 Å². The van der Waals surface area contributed by atoms with Gasteiger partial charge in [-0.15, -0.1) is 0 Å². The van der Waals surface area contributed by atoms with Crippen LogP contribution in [0.25, 0.3) is 0 Å². The molecule has 138 valence electrons. The fourth-order valence-corrected chi connectivity index (χ4v) is 3.40. The Morgan fingerprint density at radius 1 is 1.40 bits per heavy atom. The number of methoxy groups -OCH3 is 2. The lowest BCUT2D eigenvalue weighted by Gasteiger charge is -2.22. The van der Waals surface area contributed by atoms with Crippen LogP contribution in [0.15, 0.2) is 17.2 Å². The molecule has 1 N–H and O–H groups in total. The monoisotopic (exact) mass is 350 g/mol. The zero-order valence-corrected chi connectivity index (χ0v) is 15.0. The van der Waals surface area contributed by atoms with Crippen molar-refractivity contribution in [2.75, 3.05) is 27.4 Å². The van der Waals surface area contributed by atoms with Crippen LogP contribution in [0.3, 0.4) is 0 Å². The van der Waals surface area contributed by atoms with Crippen LogP contribution < -0.4 is 5.69 Å². The second-order valence-electron chi connectivity index (χ2n) is 6.27. The first-order valence-electron chi connectivity index (χ1n) is 8.58. The molecule has 0 aromatic carbocycles. The summed E-state index contributed by atoms with van der Waals surface area (Å²) in [6.45, 7) is 5.46. The molecule has 0 bridgehead atoms. The Morgan fingerprint density at radius 2 is 2.24 bits per heavy atom. The highest BCUT2D eigenvalue weighted by Gasteiger charge is 2.36. The lowest BCUT2D eigenvalue weighted by molar-refractivity contribution is 0.107. The van der Waals surface area contributed by atoms with E-state index in [1.165, 1.54) is 0 Å². The molecule has 0 spiro atoms. The van der Waals surface area contributed by atoms with Gasteiger partial charge < -0.3 is 9.47 Å². The second-order valence-corrected chi connectivity index (χ2v) is 6.27. The van der Waals surface area contributed by atoms with Crippen molar-refractivity contribution in [3.05, 3.63) is 34.3 Å². The van der Waals surface area contributed by atoms with Gasteiger partial charge in [0, 0.05) is 45.6 Å². The number of likely N-dealkylation sites (tertiary alicyclic amines) is 1. The minimum atomic E-state index is -0.161. The third-order valence-corrected chi connectivity index (χ3v) is 4.70. The summed E-state index contributed by atoms with van der Waals surface area (Å²) in [5.41, 5.74) is 0.962. The fourth-order valence-electron chi connectivity index (χ4n) is 3.40. The number of hydrogen-bond donors (Lipinski definition) is 1. The molecule has 0 radical (unpaired) electrons. The summed E-state index contributed by atoms with van der Waals surface area (Å²) in [5.74, 6) is 0.777. The Labute approximate surface area is 146 Å². The van der Waals surface area contributed by atoms with Gasteiger partial charge in [0.25, 0.3) is 0 Å². The van der Waals surface area contributed by atoms with Crippen molar-refractivity contribution >= 4 is 0 Å². The molecular weight excluding hydrogens is 324 g/mol. The summed E-state index contributed by atoms with van der Waals surface area (Å²) in [6, 6.07) is 0.0474. The smallest absolute Gasteiger partial charge is 0.343 e. The predicted octanol–water partition coefficient (Wildman–Crippen LogP) is 0.396. The number of nitrogens with one attached hydrogen (secondary N) is 1. The molecular formula is C16H26N6O3. The van der Waals surface area contributed by atoms with Gasteiger partial charge in [0.2, 0.25) is 0 Å². The summed E-state index contributed by atoms with van der Waals surface area (Å²) < 4.78 is 14.2. The zero-order valence-electron chi connectivity index (χ0n) is 15.0. The number of ether oxygens (including phenoxy) is 2. The summed E-state index contributed by atoms with van der Waals surface area (Å²) >= 11 is 0. The maximum Gasteiger partial charge on any atom is 0.343 e. The topological polar surface area (TPSA) is 90.2 Å². The Balaban J connectivity index is 1.77. The maximum absolute atomic E-state index is 11.9. The van der Waals surface area contributed by atoms with Crippen molar-refractivity contribution in [2.24, 2.45) is 0 Å². The summed E-state index contributed by atoms with van der Waals surface area (Å²) in [5, 5.41) is 11.2. The highest BCUT2D eigenvalue weighted by molar-refractivity contribution is 5.08. The number of aromatic amines is 1. The van der Waals surface area contributed by atoms with E-state index in [0.717, 1.165) is 37.4 Å². The Kier molecular flexibility index (Phi) is 5.67. The summed E-state index contributed by atoms with van der Waals surface area (Å²) in [7, 11) is 3.41. The minimum Gasteiger partial charge on any atom is -0.383 e. The molecule has 1 aliphatic rings. The van der Waals surface area contributed by atoms with Crippen LogP contribution >= 0.6 is 0 Å². The standard InChI is InChI=1S/C16H26N6O3/c1-4-22-15(18-19-16(22)23)14-7-13(25-3)11-20(14)9-12-8-17-21(10-12)5-6-24-2/h8,10,13-14H,4-7,9,11H2,1-3H3,(H,19,23)/t13-,14-/m0/s1. The number of nitrogens with zero attached hydrogens (tertiary/aromatic N) is 5. The molecule has 9 nitrogen and oxygen atoms in total. The average Bonchev–Trinajstić information content (AvgIpc) is 3.31. The van der Waals surface area contributed by atoms with Gasteiger partial charge in [-0.05, 0) is 13.3 Å². The third-order valence-electron chi connectivity index (χ3n) is 4.70. The first kappa shape index (κ1) is 17.8. The molecule has 0 amide bonds. The van der Waals surface area contributed by atoms with Crippen LogP contribution in [0.4, 0.5) is 0 Å². The normalized spacial score (nSPS) is 21.2. The molecule has 0 saturated carbocycles. The molecule has 3 rings (SSSR count). The number of hydrogen-bond acceptors (Lipinski definition) is 6. The van der Waals surface area contributed by atoms with E-state index in [1.54, 1.807) is 18.8 Å². The number of rotatable bonds is 8. The van der Waals surface area contributed by atoms with Crippen molar-refractivity contribution in [3.8, 4) is 0 Å². The van der Waals surface area contributed by atoms with E-state index in [-0.39, 0.29) is 17.8 Å². The molecule has 1 fully saturated rings. The van der Waals surface area contributed by atoms with Gasteiger partial charge >= 0.3 is 5.69 Å². The average molecular weight is 350 g/mol. The van der Waals surface area contributed by atoms with E-state index in [9.17, 15) is 4.79 Å². The van der Waals surface area contributed by atoms with Gasteiger partial charge in [0.05, 0.1) is 31.5 Å². The predicted molar refractivity (Wildman–Crippen MR) is 91.2 cm³/mol. The third kappa shape index (κ3) is 3.83. The molecule has 0 aliphatic carbocycles. The van der Waals surface area contributed by atoms with Crippen molar-refractivity contribution in [1.82, 2.24) is 29.4 Å².